The molecule has 0 bridgehead atoms. The van der Waals surface area contributed by atoms with Crippen LogP contribution in [0.25, 0.3) is 0 Å². The van der Waals surface area contributed by atoms with Crippen LogP contribution in [0.4, 0.5) is 11.4 Å². The Labute approximate surface area is 156 Å². The molecule has 0 saturated carbocycles. The minimum Gasteiger partial charge on any atom is -0.322 e. The molecule has 0 aliphatic carbocycles. The maximum atomic E-state index is 12.6. The van der Waals surface area contributed by atoms with E-state index < -0.39 is 0 Å². The number of hydrogen-bond acceptors (Lipinski definition) is 3. The summed E-state index contributed by atoms with van der Waals surface area (Å²) in [5.74, 6) is -0.978. The van der Waals surface area contributed by atoms with Crippen LogP contribution in [-0.2, 0) is 0 Å². The minimum absolute atomic E-state index is 0.252. The maximum absolute atomic E-state index is 12.6. The van der Waals surface area contributed by atoms with Crippen LogP contribution in [0.1, 0.15) is 36.6 Å². The van der Waals surface area contributed by atoms with Gasteiger partial charge in [-0.3, -0.25) is 14.4 Å². The summed E-state index contributed by atoms with van der Waals surface area (Å²) in [6.07, 6.45) is 0. The predicted octanol–water partition coefficient (Wildman–Crippen LogP) is 4.05. The molecule has 132 valence electrons. The Morgan fingerprint density at radius 3 is 2.15 bits per heavy atom. The van der Waals surface area contributed by atoms with Crippen LogP contribution in [0.3, 0.4) is 0 Å². The molecule has 1 heterocycles. The first kappa shape index (κ1) is 16.7. The van der Waals surface area contributed by atoms with Crippen LogP contribution < -0.4 is 10.2 Å². The first-order chi connectivity index (χ1) is 13.0. The highest BCUT2D eigenvalue weighted by molar-refractivity contribution is 6.34. The molecule has 3 amide bonds. The third kappa shape index (κ3) is 3.00. The zero-order valence-electron chi connectivity index (χ0n) is 14.6. The summed E-state index contributed by atoms with van der Waals surface area (Å²) in [4.78, 5) is 38.8. The summed E-state index contributed by atoms with van der Waals surface area (Å²) < 4.78 is 0. The van der Waals surface area contributed by atoms with Crippen molar-refractivity contribution in [1.29, 1.82) is 0 Å². The number of nitrogens with one attached hydrogen (secondary N) is 1. The largest absolute Gasteiger partial charge is 0.322 e. The molecule has 1 aliphatic rings. The van der Waals surface area contributed by atoms with Crippen molar-refractivity contribution >= 4 is 29.1 Å². The second-order valence-electron chi connectivity index (χ2n) is 6.37. The van der Waals surface area contributed by atoms with E-state index in [0.717, 1.165) is 10.5 Å². The Hall–Kier alpha value is -3.73. The van der Waals surface area contributed by atoms with Crippen molar-refractivity contribution in [2.75, 3.05) is 10.2 Å². The molecule has 0 saturated heterocycles. The molecule has 1 N–H and O–H groups in total. The Morgan fingerprint density at radius 1 is 0.815 bits per heavy atom. The molecule has 3 aromatic carbocycles. The highest BCUT2D eigenvalue weighted by Gasteiger charge is 2.36. The number of anilines is 2. The van der Waals surface area contributed by atoms with Crippen LogP contribution in [0, 0.1) is 6.92 Å². The lowest BCUT2D eigenvalue weighted by Crippen LogP contribution is -2.29. The summed E-state index contributed by atoms with van der Waals surface area (Å²) in [6, 6.07) is 20.7. The Morgan fingerprint density at radius 2 is 1.48 bits per heavy atom. The Bertz CT molecular complexity index is 1050. The Balaban J connectivity index is 1.61. The first-order valence-electron chi connectivity index (χ1n) is 8.50. The van der Waals surface area contributed by atoms with Gasteiger partial charge in [-0.25, -0.2) is 4.90 Å². The molecule has 0 unspecified atom stereocenters. The summed E-state index contributed by atoms with van der Waals surface area (Å²) in [6.45, 7) is 1.92. The molecule has 0 atom stereocenters. The van der Waals surface area contributed by atoms with Gasteiger partial charge in [0.2, 0.25) is 0 Å². The summed E-state index contributed by atoms with van der Waals surface area (Å²) >= 11 is 0. The maximum Gasteiger partial charge on any atom is 0.266 e. The SMILES string of the molecule is Cc1cccc(C(=O)Nc2cccc(N3C(=O)c4ccccc4C3=O)c2)c1. The number of imide groups is 1. The number of nitrogens with zero attached hydrogens (tertiary/aromatic N) is 1. The van der Waals surface area contributed by atoms with Gasteiger partial charge in [0.1, 0.15) is 0 Å². The van der Waals surface area contributed by atoms with E-state index in [-0.39, 0.29) is 17.7 Å². The number of benzene rings is 3. The third-order valence-electron chi connectivity index (χ3n) is 4.44. The standard InChI is InChI=1S/C22H16N2O3/c1-14-6-4-7-15(12-14)20(25)23-16-8-5-9-17(13-16)24-21(26)18-10-2-3-11-19(18)22(24)27/h2-13H,1H3,(H,23,25). The second kappa shape index (κ2) is 6.53. The van der Waals surface area contributed by atoms with Gasteiger partial charge in [-0.05, 0) is 49.4 Å². The molecule has 1 aliphatic heterocycles. The molecule has 3 aromatic rings. The molecular formula is C22H16N2O3. The second-order valence-corrected chi connectivity index (χ2v) is 6.37. The van der Waals surface area contributed by atoms with Crippen molar-refractivity contribution in [2.45, 2.75) is 6.92 Å². The molecule has 0 aromatic heterocycles. The number of amides is 3. The van der Waals surface area contributed by atoms with Crippen LogP contribution in [0.2, 0.25) is 0 Å². The molecule has 0 fully saturated rings. The van der Waals surface area contributed by atoms with Gasteiger partial charge < -0.3 is 5.32 Å². The molecule has 0 radical (unpaired) electrons. The number of rotatable bonds is 3. The topological polar surface area (TPSA) is 66.5 Å². The number of carbonyl (C=O) groups is 3. The average Bonchev–Trinajstić information content (AvgIpc) is 2.93. The van der Waals surface area contributed by atoms with Crippen molar-refractivity contribution < 1.29 is 14.4 Å². The van der Waals surface area contributed by atoms with E-state index in [1.807, 2.05) is 19.1 Å². The fourth-order valence-corrected chi connectivity index (χ4v) is 3.14. The fraction of sp³-hybridized carbons (Fsp3) is 0.0455. The van der Waals surface area contributed by atoms with Crippen LogP contribution in [-0.4, -0.2) is 17.7 Å². The monoisotopic (exact) mass is 356 g/mol. The quantitative estimate of drug-likeness (QED) is 0.720. The van der Waals surface area contributed by atoms with E-state index in [9.17, 15) is 14.4 Å². The smallest absolute Gasteiger partial charge is 0.266 e. The fourth-order valence-electron chi connectivity index (χ4n) is 3.14. The van der Waals surface area contributed by atoms with Gasteiger partial charge in [-0.15, -0.1) is 0 Å². The highest BCUT2D eigenvalue weighted by Crippen LogP contribution is 2.29. The van der Waals surface area contributed by atoms with Crippen molar-refractivity contribution in [2.24, 2.45) is 0 Å². The zero-order chi connectivity index (χ0) is 19.0. The van der Waals surface area contributed by atoms with Gasteiger partial charge in [0.05, 0.1) is 16.8 Å². The summed E-state index contributed by atoms with van der Waals surface area (Å²) in [5, 5.41) is 2.81. The van der Waals surface area contributed by atoms with Gasteiger partial charge >= 0.3 is 0 Å². The highest BCUT2D eigenvalue weighted by atomic mass is 16.2. The predicted molar refractivity (Wildman–Crippen MR) is 103 cm³/mol. The van der Waals surface area contributed by atoms with Gasteiger partial charge in [-0.1, -0.05) is 35.9 Å². The van der Waals surface area contributed by atoms with E-state index in [4.69, 9.17) is 0 Å². The number of carbonyl (C=O) groups excluding carboxylic acids is 3. The molecular weight excluding hydrogens is 340 g/mol. The number of hydrogen-bond donors (Lipinski definition) is 1. The van der Waals surface area contributed by atoms with Gasteiger partial charge in [0, 0.05) is 11.3 Å². The normalized spacial score (nSPS) is 12.9. The van der Waals surface area contributed by atoms with E-state index in [0.29, 0.717) is 28.1 Å². The van der Waals surface area contributed by atoms with Crippen molar-refractivity contribution in [3.05, 3.63) is 95.1 Å². The van der Waals surface area contributed by atoms with Crippen molar-refractivity contribution in [3.8, 4) is 0 Å². The number of fused-ring (bicyclic) bond motifs is 1. The molecule has 5 heteroatoms. The lowest BCUT2D eigenvalue weighted by Gasteiger charge is -2.15. The van der Waals surface area contributed by atoms with E-state index >= 15 is 0 Å². The zero-order valence-corrected chi connectivity index (χ0v) is 14.6. The molecule has 27 heavy (non-hydrogen) atoms. The van der Waals surface area contributed by atoms with E-state index in [1.54, 1.807) is 60.7 Å². The van der Waals surface area contributed by atoms with Crippen LogP contribution in [0.15, 0.2) is 72.8 Å². The average molecular weight is 356 g/mol. The van der Waals surface area contributed by atoms with Crippen LogP contribution >= 0.6 is 0 Å². The first-order valence-corrected chi connectivity index (χ1v) is 8.50. The van der Waals surface area contributed by atoms with Gasteiger partial charge in [0.15, 0.2) is 0 Å². The lowest BCUT2D eigenvalue weighted by molar-refractivity contribution is 0.0925. The minimum atomic E-state index is -0.363. The van der Waals surface area contributed by atoms with Crippen molar-refractivity contribution in [1.82, 2.24) is 0 Å². The number of aryl methyl sites for hydroxylation is 1. The van der Waals surface area contributed by atoms with Crippen LogP contribution in [0.5, 0.6) is 0 Å². The molecule has 4 rings (SSSR count). The Kier molecular flexibility index (Phi) is 4.05. The molecule has 5 nitrogen and oxygen atoms in total. The van der Waals surface area contributed by atoms with E-state index in [2.05, 4.69) is 5.32 Å². The summed E-state index contributed by atoms with van der Waals surface area (Å²) in [5.41, 5.74) is 3.23. The third-order valence-corrected chi connectivity index (χ3v) is 4.44. The van der Waals surface area contributed by atoms with Gasteiger partial charge in [0.25, 0.3) is 17.7 Å². The van der Waals surface area contributed by atoms with E-state index in [1.165, 1.54) is 0 Å². The molecule has 0 spiro atoms. The summed E-state index contributed by atoms with van der Waals surface area (Å²) in [7, 11) is 0. The van der Waals surface area contributed by atoms with Crippen molar-refractivity contribution in [3.63, 3.8) is 0 Å². The van der Waals surface area contributed by atoms with Gasteiger partial charge in [-0.2, -0.15) is 0 Å². The lowest BCUT2D eigenvalue weighted by atomic mass is 10.1.